The van der Waals surface area contributed by atoms with E-state index in [1.165, 1.54) is 6.92 Å². The molecule has 6 atom stereocenters. The minimum Gasteiger partial charge on any atom is -0.465 e. The molecule has 0 spiro atoms. The average molecular weight is 449 g/mol. The number of azide groups is 1. The molecule has 1 fully saturated rings. The van der Waals surface area contributed by atoms with E-state index in [4.69, 9.17) is 19.7 Å². The maximum atomic E-state index is 12.6. The zero-order valence-electron chi connectivity index (χ0n) is 17.9. The molecule has 1 heterocycles. The fourth-order valence-corrected chi connectivity index (χ4v) is 3.78. The molecule has 0 saturated carbocycles. The second-order valence-corrected chi connectivity index (χ2v) is 14.1. The largest absolute Gasteiger partial charge is 0.465 e. The molecular weight excluding hydrogens is 416 g/mol. The van der Waals surface area contributed by atoms with Gasteiger partial charge in [0.15, 0.2) is 0 Å². The van der Waals surface area contributed by atoms with Crippen molar-refractivity contribution in [2.75, 3.05) is 20.3 Å². The van der Waals surface area contributed by atoms with E-state index in [1.807, 2.05) is 0 Å². The zero-order chi connectivity index (χ0) is 23.1. The van der Waals surface area contributed by atoms with Crippen LogP contribution in [0.15, 0.2) is 5.11 Å². The van der Waals surface area contributed by atoms with Crippen LogP contribution in [0.5, 0.6) is 0 Å². The second kappa shape index (κ2) is 11.0. The van der Waals surface area contributed by atoms with Gasteiger partial charge in [-0.1, -0.05) is 24.8 Å². The molecule has 172 valence electrons. The molecule has 0 aromatic carbocycles. The third-order valence-corrected chi connectivity index (χ3v) is 6.39. The van der Waals surface area contributed by atoms with E-state index >= 15 is 0 Å². The predicted octanol–water partition coefficient (Wildman–Crippen LogP) is -0.103. The first-order valence-corrected chi connectivity index (χ1v) is 13.3. The molecular formula is C17H32N4O8Si. The average Bonchev–Trinajstić information content (AvgIpc) is 2.65. The maximum Gasteiger partial charge on any atom is 0.366 e. The highest BCUT2D eigenvalue weighted by atomic mass is 28.3. The lowest BCUT2D eigenvalue weighted by molar-refractivity contribution is -0.310. The van der Waals surface area contributed by atoms with Crippen molar-refractivity contribution in [1.82, 2.24) is 5.32 Å². The lowest BCUT2D eigenvalue weighted by Gasteiger charge is -2.47. The summed E-state index contributed by atoms with van der Waals surface area (Å²) < 4.78 is 16.3. The summed E-state index contributed by atoms with van der Waals surface area (Å²) in [5.41, 5.74) is 8.43. The normalized spacial score (nSPS) is 28.7. The van der Waals surface area contributed by atoms with Crippen LogP contribution in [0.25, 0.3) is 10.4 Å². The number of carbonyl (C=O) groups is 2. The van der Waals surface area contributed by atoms with Gasteiger partial charge in [-0.05, 0) is 11.6 Å². The van der Waals surface area contributed by atoms with Crippen LogP contribution < -0.4 is 5.32 Å². The summed E-state index contributed by atoms with van der Waals surface area (Å²) in [7, 11) is -0.403. The SMILES string of the molecule is COC(=O)[C@@]1(OCC[Si](C)(C)C)C[C@H](O)[C@@H](NC(C)=O)[C@H]([C@H](O)[C@H](O)CN=[N+]=[N-])O1. The summed E-state index contributed by atoms with van der Waals surface area (Å²) in [6, 6.07) is -0.468. The minimum absolute atomic E-state index is 0.145. The fourth-order valence-electron chi connectivity index (χ4n) is 3.07. The van der Waals surface area contributed by atoms with Crippen molar-refractivity contribution in [3.8, 4) is 0 Å². The van der Waals surface area contributed by atoms with Crippen LogP contribution in [0.3, 0.4) is 0 Å². The van der Waals surface area contributed by atoms with Crippen molar-refractivity contribution in [2.45, 2.75) is 75.3 Å². The number of ether oxygens (including phenoxy) is 3. The van der Waals surface area contributed by atoms with Gasteiger partial charge in [0.2, 0.25) is 5.91 Å². The van der Waals surface area contributed by atoms with Crippen molar-refractivity contribution in [2.24, 2.45) is 5.11 Å². The Morgan fingerprint density at radius 1 is 1.40 bits per heavy atom. The topological polar surface area (TPSA) is 183 Å². The Bertz CT molecular complexity index is 654. The summed E-state index contributed by atoms with van der Waals surface area (Å²) in [5, 5.41) is 37.1. The molecule has 0 aliphatic carbocycles. The molecule has 0 radical (unpaired) electrons. The number of rotatable bonds is 10. The van der Waals surface area contributed by atoms with Crippen LogP contribution in [-0.4, -0.2) is 91.8 Å². The first-order valence-electron chi connectivity index (χ1n) is 9.59. The Kier molecular flexibility index (Phi) is 9.69. The highest BCUT2D eigenvalue weighted by Gasteiger charge is 2.56. The number of methoxy groups -OCH3 is 1. The Morgan fingerprint density at radius 3 is 2.53 bits per heavy atom. The van der Waals surface area contributed by atoms with Gasteiger partial charge in [-0.25, -0.2) is 4.79 Å². The monoisotopic (exact) mass is 448 g/mol. The number of nitrogens with one attached hydrogen (secondary N) is 1. The lowest BCUT2D eigenvalue weighted by Crippen LogP contribution is -2.68. The Balaban J connectivity index is 3.24. The van der Waals surface area contributed by atoms with E-state index in [-0.39, 0.29) is 13.0 Å². The van der Waals surface area contributed by atoms with Gasteiger partial charge in [0.05, 0.1) is 31.9 Å². The molecule has 0 bridgehead atoms. The minimum atomic E-state index is -2.04. The Labute approximate surface area is 176 Å². The van der Waals surface area contributed by atoms with Crippen LogP contribution in [0.4, 0.5) is 0 Å². The van der Waals surface area contributed by atoms with Gasteiger partial charge in [0.25, 0.3) is 5.79 Å². The summed E-state index contributed by atoms with van der Waals surface area (Å²) in [5.74, 6) is -3.47. The van der Waals surface area contributed by atoms with E-state index in [0.717, 1.165) is 7.11 Å². The number of hydrogen-bond donors (Lipinski definition) is 4. The summed E-state index contributed by atoms with van der Waals surface area (Å²) >= 11 is 0. The molecule has 0 aromatic heterocycles. The van der Waals surface area contributed by atoms with Gasteiger partial charge < -0.3 is 34.8 Å². The smallest absolute Gasteiger partial charge is 0.366 e. The van der Waals surface area contributed by atoms with Crippen molar-refractivity contribution in [3.05, 3.63) is 10.4 Å². The van der Waals surface area contributed by atoms with Gasteiger partial charge in [-0.3, -0.25) is 4.79 Å². The molecule has 13 heteroatoms. The van der Waals surface area contributed by atoms with Crippen molar-refractivity contribution >= 4 is 20.0 Å². The molecule has 4 N–H and O–H groups in total. The highest BCUT2D eigenvalue weighted by molar-refractivity contribution is 6.76. The van der Waals surface area contributed by atoms with E-state index in [0.29, 0.717) is 6.04 Å². The first-order chi connectivity index (χ1) is 13.9. The number of carbonyl (C=O) groups excluding carboxylic acids is 2. The third kappa shape index (κ3) is 7.20. The maximum absolute atomic E-state index is 12.6. The highest BCUT2D eigenvalue weighted by Crippen LogP contribution is 2.34. The fraction of sp³-hybridized carbons (Fsp3) is 0.882. The van der Waals surface area contributed by atoms with Gasteiger partial charge in [-0.2, -0.15) is 0 Å². The first kappa shape index (κ1) is 26.3. The Hall–Kier alpha value is -1.73. The van der Waals surface area contributed by atoms with Crippen molar-refractivity contribution in [1.29, 1.82) is 0 Å². The number of aliphatic hydroxyl groups excluding tert-OH is 3. The van der Waals surface area contributed by atoms with E-state index in [2.05, 4.69) is 35.0 Å². The van der Waals surface area contributed by atoms with Crippen LogP contribution in [0, 0.1) is 0 Å². The summed E-state index contributed by atoms with van der Waals surface area (Å²) in [6.07, 6.45) is -6.46. The van der Waals surface area contributed by atoms with Crippen LogP contribution in [0.2, 0.25) is 25.7 Å². The number of hydrogen-bond acceptors (Lipinski definition) is 9. The van der Waals surface area contributed by atoms with Crippen LogP contribution in [0.1, 0.15) is 13.3 Å². The molecule has 12 nitrogen and oxygen atoms in total. The van der Waals surface area contributed by atoms with Gasteiger partial charge >= 0.3 is 5.97 Å². The molecule has 0 unspecified atom stereocenters. The third-order valence-electron chi connectivity index (χ3n) is 4.69. The van der Waals surface area contributed by atoms with Gasteiger partial charge in [0.1, 0.15) is 12.2 Å². The van der Waals surface area contributed by atoms with Gasteiger partial charge in [-0.15, -0.1) is 0 Å². The van der Waals surface area contributed by atoms with Crippen LogP contribution in [-0.2, 0) is 23.8 Å². The molecule has 1 rings (SSSR count). The molecule has 1 aliphatic rings. The molecule has 1 amide bonds. The number of nitrogens with zero attached hydrogens (tertiary/aromatic N) is 3. The van der Waals surface area contributed by atoms with Gasteiger partial charge in [0, 0.05) is 32.9 Å². The zero-order valence-corrected chi connectivity index (χ0v) is 18.9. The molecule has 1 aliphatic heterocycles. The van der Waals surface area contributed by atoms with Crippen molar-refractivity contribution < 1.29 is 39.1 Å². The van der Waals surface area contributed by atoms with E-state index in [1.54, 1.807) is 0 Å². The number of esters is 1. The second-order valence-electron chi connectivity index (χ2n) is 8.46. The quantitative estimate of drug-likeness (QED) is 0.117. The summed E-state index contributed by atoms with van der Waals surface area (Å²) in [4.78, 5) is 26.7. The summed E-state index contributed by atoms with van der Waals surface area (Å²) in [6.45, 7) is 7.21. The van der Waals surface area contributed by atoms with E-state index < -0.39 is 62.7 Å². The van der Waals surface area contributed by atoms with Crippen LogP contribution >= 0.6 is 0 Å². The van der Waals surface area contributed by atoms with Crippen molar-refractivity contribution in [3.63, 3.8) is 0 Å². The Morgan fingerprint density at radius 2 is 2.03 bits per heavy atom. The molecule has 0 aromatic rings. The standard InChI is InChI=1S/C17H32N4O8Si/c1-10(22)20-13-11(23)8-17(16(26)27-2,28-6-7-30(3,4)5)29-15(13)14(25)12(24)9-19-21-18/h11-15,23-25H,6-9H2,1-5H3,(H,20,22)/t11-,12+,13+,14+,15+,17+/m0/s1. The van der Waals surface area contributed by atoms with E-state index in [9.17, 15) is 24.9 Å². The number of aliphatic hydroxyl groups is 3. The number of amides is 1. The molecule has 30 heavy (non-hydrogen) atoms. The molecule has 1 saturated heterocycles. The predicted molar refractivity (Wildman–Crippen MR) is 108 cm³/mol. The lowest BCUT2D eigenvalue weighted by atomic mass is 9.88.